The Hall–Kier alpha value is -2.33. The number of rotatable bonds is 3. The number of aliphatic imine (C=N–C) groups is 1. The molecule has 1 N–H and O–H groups in total. The second kappa shape index (κ2) is 5.95. The summed E-state index contributed by atoms with van der Waals surface area (Å²) in [5.41, 5.74) is 5.40. The molecule has 1 aliphatic rings. The minimum absolute atomic E-state index is 0.761. The summed E-state index contributed by atoms with van der Waals surface area (Å²) in [6, 6.07) is 12.4. The van der Waals surface area contributed by atoms with E-state index in [1.165, 1.54) is 5.69 Å². The van der Waals surface area contributed by atoms with Gasteiger partial charge in [0.05, 0.1) is 12.2 Å². The lowest BCUT2D eigenvalue weighted by molar-refractivity contribution is 0.740. The topological polar surface area (TPSA) is 42.2 Å². The molecule has 0 spiro atoms. The van der Waals surface area contributed by atoms with Crippen LogP contribution in [0.1, 0.15) is 11.3 Å². The number of hydrogen-bond acceptors (Lipinski definition) is 3. The quantitative estimate of drug-likeness (QED) is 0.790. The van der Waals surface area contributed by atoms with Gasteiger partial charge in [0.1, 0.15) is 11.4 Å². The van der Waals surface area contributed by atoms with Crippen molar-refractivity contribution in [1.29, 1.82) is 0 Å². The van der Waals surface area contributed by atoms with E-state index >= 15 is 0 Å². The maximum Gasteiger partial charge on any atom is 0.102 e. The molecule has 4 nitrogen and oxygen atoms in total. The second-order valence-electron chi connectivity index (χ2n) is 6.19. The first kappa shape index (κ1) is 15.2. The van der Waals surface area contributed by atoms with E-state index in [1.807, 2.05) is 24.7 Å². The number of amidine groups is 1. The lowest BCUT2D eigenvalue weighted by atomic mass is 10.0. The Morgan fingerprint density at radius 1 is 1.21 bits per heavy atom. The van der Waals surface area contributed by atoms with Crippen LogP contribution in [0.5, 0.6) is 0 Å². The first-order valence-electron chi connectivity index (χ1n) is 8.12. The van der Waals surface area contributed by atoms with Crippen LogP contribution < -0.4 is 5.32 Å². The maximum absolute atomic E-state index is 6.48. The zero-order valence-corrected chi connectivity index (χ0v) is 14.6. The Bertz CT molecular complexity index is 955. The van der Waals surface area contributed by atoms with Crippen LogP contribution in [-0.4, -0.2) is 28.7 Å². The van der Waals surface area contributed by atoms with E-state index in [1.54, 1.807) is 0 Å². The number of hydrogen-bond donors (Lipinski definition) is 1. The fraction of sp³-hybridized carbons (Fsp3) is 0.263. The van der Waals surface area contributed by atoms with Gasteiger partial charge in [-0.2, -0.15) is 5.10 Å². The summed E-state index contributed by atoms with van der Waals surface area (Å²) in [7, 11) is 1.99. The summed E-state index contributed by atoms with van der Waals surface area (Å²) in [6.07, 6.45) is 0.776. The number of halogens is 1. The first-order valence-corrected chi connectivity index (χ1v) is 8.49. The molecule has 0 bridgehead atoms. The Morgan fingerprint density at radius 2 is 2.08 bits per heavy atom. The van der Waals surface area contributed by atoms with Crippen molar-refractivity contribution in [3.05, 3.63) is 52.7 Å². The Balaban J connectivity index is 1.86. The summed E-state index contributed by atoms with van der Waals surface area (Å²) in [5, 5.41) is 10.0. The third kappa shape index (κ3) is 2.57. The Labute approximate surface area is 146 Å². The highest BCUT2D eigenvalue weighted by Crippen LogP contribution is 2.34. The molecule has 3 aromatic rings. The number of aryl methyl sites for hydroxylation is 2. The predicted octanol–water partition coefficient (Wildman–Crippen LogP) is 3.75. The molecule has 2 heterocycles. The van der Waals surface area contributed by atoms with Crippen molar-refractivity contribution in [3.63, 3.8) is 0 Å². The van der Waals surface area contributed by atoms with Gasteiger partial charge in [-0.1, -0.05) is 41.9 Å². The van der Waals surface area contributed by atoms with Crippen molar-refractivity contribution in [2.75, 3.05) is 13.1 Å². The second-order valence-corrected chi connectivity index (χ2v) is 6.59. The van der Waals surface area contributed by atoms with E-state index in [0.717, 1.165) is 58.0 Å². The highest BCUT2D eigenvalue weighted by molar-refractivity contribution is 6.33. The highest BCUT2D eigenvalue weighted by Gasteiger charge is 2.17. The van der Waals surface area contributed by atoms with Crippen molar-refractivity contribution in [2.24, 2.45) is 12.0 Å². The monoisotopic (exact) mass is 338 g/mol. The molecular formula is C19H19ClN4. The highest BCUT2D eigenvalue weighted by atomic mass is 35.5. The molecule has 0 unspecified atom stereocenters. The SMILES string of the molecule is Cc1ccc(-c2cccc3c(CC4=NCCN4)n(C)nc23)c(Cl)c1. The molecule has 4 rings (SSSR count). The molecule has 0 fully saturated rings. The van der Waals surface area contributed by atoms with Crippen molar-refractivity contribution in [1.82, 2.24) is 15.1 Å². The number of aromatic nitrogens is 2. The largest absolute Gasteiger partial charge is 0.372 e. The fourth-order valence-corrected chi connectivity index (χ4v) is 3.60. The third-order valence-electron chi connectivity index (χ3n) is 4.48. The molecule has 122 valence electrons. The predicted molar refractivity (Wildman–Crippen MR) is 99.9 cm³/mol. The van der Waals surface area contributed by atoms with Gasteiger partial charge in [0, 0.05) is 41.5 Å². The van der Waals surface area contributed by atoms with E-state index in [2.05, 4.69) is 40.6 Å². The number of benzene rings is 2. The van der Waals surface area contributed by atoms with Gasteiger partial charge in [-0.25, -0.2) is 0 Å². The van der Waals surface area contributed by atoms with E-state index in [4.69, 9.17) is 16.7 Å². The Kier molecular flexibility index (Phi) is 3.77. The van der Waals surface area contributed by atoms with Crippen molar-refractivity contribution < 1.29 is 0 Å². The van der Waals surface area contributed by atoms with Crippen molar-refractivity contribution in [2.45, 2.75) is 13.3 Å². The first-order chi connectivity index (χ1) is 11.6. The van der Waals surface area contributed by atoms with Gasteiger partial charge in [-0.3, -0.25) is 9.67 Å². The smallest absolute Gasteiger partial charge is 0.102 e. The van der Waals surface area contributed by atoms with Gasteiger partial charge in [-0.15, -0.1) is 0 Å². The third-order valence-corrected chi connectivity index (χ3v) is 4.79. The molecule has 0 radical (unpaired) electrons. The number of nitrogens with one attached hydrogen (secondary N) is 1. The van der Waals surface area contributed by atoms with Crippen LogP contribution in [0.2, 0.25) is 5.02 Å². The van der Waals surface area contributed by atoms with Crippen LogP contribution in [0, 0.1) is 6.92 Å². The molecule has 0 amide bonds. The standard InChI is InChI=1S/C19H19ClN4/c1-12-6-7-13(16(20)10-12)14-4-3-5-15-17(24(2)23-19(14)15)11-18-21-8-9-22-18/h3-7,10H,8-9,11H2,1-2H3,(H,21,22). The minimum Gasteiger partial charge on any atom is -0.372 e. The zero-order valence-electron chi connectivity index (χ0n) is 13.8. The molecule has 24 heavy (non-hydrogen) atoms. The average molecular weight is 339 g/mol. The van der Waals surface area contributed by atoms with Gasteiger partial charge < -0.3 is 5.32 Å². The molecular weight excluding hydrogens is 320 g/mol. The van der Waals surface area contributed by atoms with Crippen LogP contribution >= 0.6 is 11.6 Å². The van der Waals surface area contributed by atoms with Crippen LogP contribution in [0.15, 0.2) is 41.4 Å². The molecule has 2 aromatic carbocycles. The van der Waals surface area contributed by atoms with Gasteiger partial charge >= 0.3 is 0 Å². The fourth-order valence-electron chi connectivity index (χ4n) is 3.26. The molecule has 1 aromatic heterocycles. The number of nitrogens with zero attached hydrogens (tertiary/aromatic N) is 3. The molecule has 0 atom stereocenters. The van der Waals surface area contributed by atoms with Gasteiger partial charge in [0.2, 0.25) is 0 Å². The molecule has 5 heteroatoms. The van der Waals surface area contributed by atoms with E-state index < -0.39 is 0 Å². The maximum atomic E-state index is 6.48. The minimum atomic E-state index is 0.761. The van der Waals surface area contributed by atoms with Crippen LogP contribution in [0.3, 0.4) is 0 Å². The average Bonchev–Trinajstić information content (AvgIpc) is 3.17. The summed E-state index contributed by atoms with van der Waals surface area (Å²) < 4.78 is 1.96. The summed E-state index contributed by atoms with van der Waals surface area (Å²) >= 11 is 6.48. The van der Waals surface area contributed by atoms with Crippen molar-refractivity contribution in [3.8, 4) is 11.1 Å². The molecule has 0 saturated heterocycles. The molecule has 0 saturated carbocycles. The summed E-state index contributed by atoms with van der Waals surface area (Å²) in [6.45, 7) is 3.83. The van der Waals surface area contributed by atoms with Crippen LogP contribution in [0.25, 0.3) is 22.0 Å². The Morgan fingerprint density at radius 3 is 2.83 bits per heavy atom. The molecule has 0 aliphatic carbocycles. The van der Waals surface area contributed by atoms with Gasteiger partial charge in [-0.05, 0) is 18.6 Å². The van der Waals surface area contributed by atoms with E-state index in [-0.39, 0.29) is 0 Å². The lowest BCUT2D eigenvalue weighted by Gasteiger charge is -2.07. The van der Waals surface area contributed by atoms with Gasteiger partial charge in [0.15, 0.2) is 0 Å². The van der Waals surface area contributed by atoms with Crippen molar-refractivity contribution >= 4 is 28.3 Å². The van der Waals surface area contributed by atoms with Crippen LogP contribution in [-0.2, 0) is 13.5 Å². The normalized spacial score (nSPS) is 14.0. The lowest BCUT2D eigenvalue weighted by Crippen LogP contribution is -2.21. The summed E-state index contributed by atoms with van der Waals surface area (Å²) in [5.74, 6) is 1.04. The van der Waals surface area contributed by atoms with Gasteiger partial charge in [0.25, 0.3) is 0 Å². The van der Waals surface area contributed by atoms with E-state index in [9.17, 15) is 0 Å². The molecule has 1 aliphatic heterocycles. The summed E-state index contributed by atoms with van der Waals surface area (Å²) in [4.78, 5) is 4.51. The zero-order chi connectivity index (χ0) is 16.7. The van der Waals surface area contributed by atoms with Crippen LogP contribution in [0.4, 0.5) is 0 Å². The van der Waals surface area contributed by atoms with E-state index in [0.29, 0.717) is 0 Å². The number of fused-ring (bicyclic) bond motifs is 1.